The van der Waals surface area contributed by atoms with Gasteiger partial charge >= 0.3 is 0 Å². The van der Waals surface area contributed by atoms with Crippen molar-refractivity contribution in [3.63, 3.8) is 0 Å². The highest BCUT2D eigenvalue weighted by Gasteiger charge is 2.12. The van der Waals surface area contributed by atoms with Gasteiger partial charge in [0.1, 0.15) is 0 Å². The number of nitrogens with one attached hydrogen (secondary N) is 1. The minimum atomic E-state index is -0.605. The van der Waals surface area contributed by atoms with Crippen LogP contribution >= 0.6 is 11.6 Å². The Morgan fingerprint density at radius 2 is 2.16 bits per heavy atom. The van der Waals surface area contributed by atoms with E-state index in [1.165, 1.54) is 12.3 Å². The number of aromatic nitrogens is 1. The quantitative estimate of drug-likeness (QED) is 0.689. The van der Waals surface area contributed by atoms with Gasteiger partial charge in [-0.2, -0.15) is 0 Å². The second-order valence-corrected chi connectivity index (χ2v) is 4.16. The van der Waals surface area contributed by atoms with Crippen molar-refractivity contribution in [2.24, 2.45) is 0 Å². The van der Waals surface area contributed by atoms with Crippen molar-refractivity contribution in [1.29, 1.82) is 0 Å². The largest absolute Gasteiger partial charge is 0.363 e. The molecule has 1 aromatic heterocycles. The summed E-state index contributed by atoms with van der Waals surface area (Å²) in [4.78, 5) is 14.1. The maximum atomic E-state index is 13.5. The zero-order valence-electron chi connectivity index (χ0n) is 9.64. The van der Waals surface area contributed by atoms with Crippen LogP contribution in [0.15, 0.2) is 36.5 Å². The van der Waals surface area contributed by atoms with Gasteiger partial charge in [0.15, 0.2) is 11.6 Å². The van der Waals surface area contributed by atoms with Gasteiger partial charge in [0.05, 0.1) is 9.95 Å². The lowest BCUT2D eigenvalue weighted by Gasteiger charge is -2.07. The summed E-state index contributed by atoms with van der Waals surface area (Å²) in [5.74, 6) is -0.603. The van der Waals surface area contributed by atoms with E-state index in [1.54, 1.807) is 18.2 Å². The van der Waals surface area contributed by atoms with E-state index < -0.39 is 10.7 Å². The summed E-state index contributed by atoms with van der Waals surface area (Å²) in [6.07, 6.45) is 1.30. The second-order valence-electron chi connectivity index (χ2n) is 3.72. The molecule has 1 heterocycles. The van der Waals surface area contributed by atoms with Gasteiger partial charge in [-0.15, -0.1) is 0 Å². The molecule has 98 valence electrons. The van der Waals surface area contributed by atoms with Crippen molar-refractivity contribution in [1.82, 2.24) is 4.98 Å². The summed E-state index contributed by atoms with van der Waals surface area (Å²) >= 11 is 5.58. The number of benzene rings is 1. The molecule has 0 aliphatic rings. The molecule has 7 heteroatoms. The maximum Gasteiger partial charge on any atom is 0.274 e. The van der Waals surface area contributed by atoms with Crippen molar-refractivity contribution in [2.45, 2.75) is 6.54 Å². The fourth-order valence-electron chi connectivity index (χ4n) is 1.56. The van der Waals surface area contributed by atoms with E-state index in [1.807, 2.05) is 0 Å². The fourth-order valence-corrected chi connectivity index (χ4v) is 1.71. The number of nitro groups is 1. The van der Waals surface area contributed by atoms with E-state index in [0.717, 1.165) is 6.07 Å². The highest BCUT2D eigenvalue weighted by atomic mass is 35.5. The zero-order chi connectivity index (χ0) is 13.8. The molecule has 2 aromatic rings. The first-order chi connectivity index (χ1) is 9.08. The summed E-state index contributed by atoms with van der Waals surface area (Å²) in [5, 5.41) is 13.7. The number of nitrogens with zero attached hydrogens (tertiary/aromatic N) is 2. The van der Waals surface area contributed by atoms with Gasteiger partial charge in [-0.05, 0) is 6.07 Å². The van der Waals surface area contributed by atoms with Crippen LogP contribution in [-0.2, 0) is 6.54 Å². The minimum Gasteiger partial charge on any atom is -0.363 e. The second kappa shape index (κ2) is 5.62. The number of pyridine rings is 1. The Hall–Kier alpha value is -2.21. The predicted molar refractivity (Wildman–Crippen MR) is 69.6 cm³/mol. The van der Waals surface area contributed by atoms with Crippen LogP contribution in [0.3, 0.4) is 0 Å². The molecule has 0 fully saturated rings. The number of rotatable bonds is 4. The monoisotopic (exact) mass is 281 g/mol. The molecule has 1 aromatic carbocycles. The molecular weight excluding hydrogens is 273 g/mol. The lowest BCUT2D eigenvalue weighted by atomic mass is 10.2. The lowest BCUT2D eigenvalue weighted by molar-refractivity contribution is -0.385. The maximum absolute atomic E-state index is 13.5. The Morgan fingerprint density at radius 3 is 2.84 bits per heavy atom. The van der Waals surface area contributed by atoms with Crippen molar-refractivity contribution >= 4 is 23.1 Å². The summed E-state index contributed by atoms with van der Waals surface area (Å²) in [6, 6.07) is 7.36. The van der Waals surface area contributed by atoms with Crippen molar-refractivity contribution in [3.05, 3.63) is 63.0 Å². The summed E-state index contributed by atoms with van der Waals surface area (Å²) in [5.41, 5.74) is 0.424. The Morgan fingerprint density at radius 1 is 1.42 bits per heavy atom. The van der Waals surface area contributed by atoms with Gasteiger partial charge in [0.2, 0.25) is 0 Å². The molecular formula is C12H9ClFN3O2. The van der Waals surface area contributed by atoms with E-state index in [4.69, 9.17) is 11.6 Å². The molecule has 0 amide bonds. The van der Waals surface area contributed by atoms with Crippen molar-refractivity contribution in [2.75, 3.05) is 5.32 Å². The van der Waals surface area contributed by atoms with Gasteiger partial charge < -0.3 is 5.32 Å². The van der Waals surface area contributed by atoms with Crippen LogP contribution in [-0.4, -0.2) is 9.91 Å². The molecule has 0 unspecified atom stereocenters. The highest BCUT2D eigenvalue weighted by Crippen LogP contribution is 2.20. The Balaban J connectivity index is 2.17. The number of halogens is 2. The average Bonchev–Trinajstić information content (AvgIpc) is 2.38. The number of para-hydroxylation sites is 1. The molecule has 0 atom stereocenters. The molecule has 19 heavy (non-hydrogen) atoms. The van der Waals surface area contributed by atoms with Crippen LogP contribution in [0.5, 0.6) is 0 Å². The first-order valence-corrected chi connectivity index (χ1v) is 5.73. The van der Waals surface area contributed by atoms with Crippen LogP contribution in [0.2, 0.25) is 5.02 Å². The van der Waals surface area contributed by atoms with Gasteiger partial charge in [0.25, 0.3) is 5.69 Å². The van der Waals surface area contributed by atoms with Crippen LogP contribution in [0.4, 0.5) is 15.9 Å². The molecule has 0 saturated carbocycles. The first kappa shape index (κ1) is 13.2. The predicted octanol–water partition coefficient (Wildman–Crippen LogP) is 3.39. The van der Waals surface area contributed by atoms with Gasteiger partial charge in [0, 0.05) is 24.4 Å². The normalized spacial score (nSPS) is 10.2. The van der Waals surface area contributed by atoms with Crippen LogP contribution < -0.4 is 5.32 Å². The average molecular weight is 282 g/mol. The van der Waals surface area contributed by atoms with E-state index >= 15 is 0 Å². The van der Waals surface area contributed by atoms with Crippen LogP contribution in [0.25, 0.3) is 0 Å². The Kier molecular flexibility index (Phi) is 3.91. The molecule has 5 nitrogen and oxygen atoms in total. The lowest BCUT2D eigenvalue weighted by Crippen LogP contribution is -2.05. The number of nitro benzene ring substituents is 1. The molecule has 2 rings (SSSR count). The Labute approximate surface area is 113 Å². The summed E-state index contributed by atoms with van der Waals surface area (Å²) < 4.78 is 13.5. The van der Waals surface area contributed by atoms with Gasteiger partial charge in [-0.3, -0.25) is 10.1 Å². The van der Waals surface area contributed by atoms with Crippen molar-refractivity contribution < 1.29 is 9.31 Å². The number of anilines is 1. The van der Waals surface area contributed by atoms with Gasteiger partial charge in [-0.25, -0.2) is 9.37 Å². The third kappa shape index (κ3) is 3.17. The number of hydrogen-bond acceptors (Lipinski definition) is 4. The standard InChI is InChI=1S/C12H9ClFN3O2/c13-9-5-10(14)12(16-7-9)15-6-8-3-1-2-4-11(8)17(18)19/h1-5,7H,6H2,(H,15,16). The zero-order valence-corrected chi connectivity index (χ0v) is 10.4. The third-order valence-electron chi connectivity index (χ3n) is 2.44. The van der Waals surface area contributed by atoms with E-state index in [9.17, 15) is 14.5 Å². The van der Waals surface area contributed by atoms with Crippen LogP contribution in [0.1, 0.15) is 5.56 Å². The molecule has 1 N–H and O–H groups in total. The van der Waals surface area contributed by atoms with E-state index in [0.29, 0.717) is 5.56 Å². The smallest absolute Gasteiger partial charge is 0.274 e. The molecule has 0 bridgehead atoms. The van der Waals surface area contributed by atoms with Gasteiger partial charge in [-0.1, -0.05) is 29.8 Å². The van der Waals surface area contributed by atoms with E-state index in [-0.39, 0.29) is 23.1 Å². The fraction of sp³-hybridized carbons (Fsp3) is 0.0833. The molecule has 0 aliphatic heterocycles. The third-order valence-corrected chi connectivity index (χ3v) is 2.65. The topological polar surface area (TPSA) is 68.1 Å². The van der Waals surface area contributed by atoms with E-state index in [2.05, 4.69) is 10.3 Å². The molecule has 0 saturated heterocycles. The van der Waals surface area contributed by atoms with Crippen molar-refractivity contribution in [3.8, 4) is 0 Å². The first-order valence-electron chi connectivity index (χ1n) is 5.35. The highest BCUT2D eigenvalue weighted by molar-refractivity contribution is 6.30. The van der Waals surface area contributed by atoms with Crippen LogP contribution in [0, 0.1) is 15.9 Å². The molecule has 0 radical (unpaired) electrons. The Bertz CT molecular complexity index is 622. The molecule has 0 spiro atoms. The molecule has 0 aliphatic carbocycles. The minimum absolute atomic E-state index is 0.00236. The summed E-state index contributed by atoms with van der Waals surface area (Å²) in [6.45, 7) is 0.0999. The number of hydrogen-bond donors (Lipinski definition) is 1. The SMILES string of the molecule is O=[N+]([O-])c1ccccc1CNc1ncc(Cl)cc1F. The summed E-state index contributed by atoms with van der Waals surface area (Å²) in [7, 11) is 0.